The third kappa shape index (κ3) is 4.35. The van der Waals surface area contributed by atoms with Crippen molar-refractivity contribution >= 4 is 22.9 Å². The molecule has 5 nitrogen and oxygen atoms in total. The van der Waals surface area contributed by atoms with Crippen LogP contribution in [0.3, 0.4) is 0 Å². The Bertz CT molecular complexity index is 682. The van der Waals surface area contributed by atoms with Gasteiger partial charge in [0, 0.05) is 16.9 Å². The maximum atomic E-state index is 12.0. The maximum absolute atomic E-state index is 12.0. The van der Waals surface area contributed by atoms with Gasteiger partial charge in [-0.3, -0.25) is 0 Å². The fourth-order valence-electron chi connectivity index (χ4n) is 2.29. The number of esters is 1. The minimum absolute atomic E-state index is 0.206. The number of hydrogen-bond acceptors (Lipinski definition) is 6. The number of ether oxygens (including phenoxy) is 3. The standard InChI is InChI=1S/C18H21NO4S/c1-4-13(16-11-24-12-19-16)9-23-17-8-6-5-7-14(17)15(10-21-2)18(20)22-3/h5-8,10-13H,4,9H2,1-3H3/b15-10-. The summed E-state index contributed by atoms with van der Waals surface area (Å²) < 4.78 is 15.8. The van der Waals surface area contributed by atoms with Crippen LogP contribution in [0.5, 0.6) is 5.75 Å². The molecule has 1 atom stereocenters. The zero-order valence-electron chi connectivity index (χ0n) is 14.0. The van der Waals surface area contributed by atoms with Gasteiger partial charge < -0.3 is 14.2 Å². The number of rotatable bonds is 8. The molecule has 2 rings (SSSR count). The summed E-state index contributed by atoms with van der Waals surface area (Å²) in [5, 5.41) is 2.04. The quantitative estimate of drug-likeness (QED) is 0.412. The normalized spacial score (nSPS) is 12.5. The highest BCUT2D eigenvalue weighted by molar-refractivity contribution is 7.07. The van der Waals surface area contributed by atoms with Gasteiger partial charge in [-0.05, 0) is 12.5 Å². The van der Waals surface area contributed by atoms with Crippen molar-refractivity contribution in [1.29, 1.82) is 0 Å². The molecule has 0 N–H and O–H groups in total. The molecule has 1 heterocycles. The lowest BCUT2D eigenvalue weighted by molar-refractivity contribution is -0.133. The van der Waals surface area contributed by atoms with Gasteiger partial charge in [-0.2, -0.15) is 0 Å². The minimum atomic E-state index is -0.473. The molecule has 0 aliphatic heterocycles. The topological polar surface area (TPSA) is 57.7 Å². The Kier molecular flexibility index (Phi) is 6.81. The number of para-hydroxylation sites is 1. The molecule has 0 aliphatic carbocycles. The molecule has 6 heteroatoms. The first-order valence-corrected chi connectivity index (χ1v) is 8.57. The van der Waals surface area contributed by atoms with Gasteiger partial charge in [-0.25, -0.2) is 9.78 Å². The highest BCUT2D eigenvalue weighted by Gasteiger charge is 2.19. The van der Waals surface area contributed by atoms with E-state index in [9.17, 15) is 4.79 Å². The second-order valence-electron chi connectivity index (χ2n) is 5.08. The zero-order chi connectivity index (χ0) is 17.4. The van der Waals surface area contributed by atoms with E-state index >= 15 is 0 Å². The van der Waals surface area contributed by atoms with Crippen LogP contribution in [0.1, 0.15) is 30.5 Å². The van der Waals surface area contributed by atoms with Crippen LogP contribution in [-0.4, -0.2) is 31.8 Å². The number of hydrogen-bond donors (Lipinski definition) is 0. The van der Waals surface area contributed by atoms with E-state index in [1.165, 1.54) is 20.5 Å². The first-order chi connectivity index (χ1) is 11.7. The summed E-state index contributed by atoms with van der Waals surface area (Å²) in [7, 11) is 2.83. The number of carbonyl (C=O) groups is 1. The van der Waals surface area contributed by atoms with Crippen molar-refractivity contribution in [1.82, 2.24) is 4.98 Å². The molecule has 1 aromatic carbocycles. The van der Waals surface area contributed by atoms with E-state index in [0.29, 0.717) is 23.5 Å². The molecule has 2 aromatic rings. The van der Waals surface area contributed by atoms with E-state index in [2.05, 4.69) is 11.9 Å². The Labute approximate surface area is 145 Å². The third-order valence-corrected chi connectivity index (χ3v) is 4.23. The first-order valence-electron chi connectivity index (χ1n) is 7.62. The molecule has 0 fully saturated rings. The van der Waals surface area contributed by atoms with E-state index in [1.807, 2.05) is 29.1 Å². The van der Waals surface area contributed by atoms with Crippen LogP contribution in [0.25, 0.3) is 5.57 Å². The molecule has 0 aliphatic rings. The van der Waals surface area contributed by atoms with E-state index < -0.39 is 5.97 Å². The molecule has 0 radical (unpaired) electrons. The Morgan fingerprint density at radius 2 is 2.12 bits per heavy atom. The first kappa shape index (κ1) is 18.0. The predicted molar refractivity (Wildman–Crippen MR) is 94.1 cm³/mol. The lowest BCUT2D eigenvalue weighted by atomic mass is 10.0. The number of carbonyl (C=O) groups excluding carboxylic acids is 1. The Balaban J connectivity index is 2.22. The van der Waals surface area contributed by atoms with E-state index in [-0.39, 0.29) is 5.92 Å². The van der Waals surface area contributed by atoms with E-state index in [1.54, 1.807) is 17.4 Å². The van der Waals surface area contributed by atoms with Gasteiger partial charge in [-0.15, -0.1) is 11.3 Å². The van der Waals surface area contributed by atoms with Crippen LogP contribution in [-0.2, 0) is 14.3 Å². The lowest BCUT2D eigenvalue weighted by Gasteiger charge is -2.17. The van der Waals surface area contributed by atoms with Crippen molar-refractivity contribution in [3.8, 4) is 5.75 Å². The van der Waals surface area contributed by atoms with Crippen LogP contribution in [0.2, 0.25) is 0 Å². The van der Waals surface area contributed by atoms with Gasteiger partial charge >= 0.3 is 5.97 Å². The van der Waals surface area contributed by atoms with Crippen molar-refractivity contribution in [2.45, 2.75) is 19.3 Å². The summed E-state index contributed by atoms with van der Waals surface area (Å²) in [4.78, 5) is 16.4. The van der Waals surface area contributed by atoms with Crippen LogP contribution in [0, 0.1) is 0 Å². The number of aromatic nitrogens is 1. The van der Waals surface area contributed by atoms with Crippen LogP contribution in [0.4, 0.5) is 0 Å². The molecule has 0 saturated heterocycles. The van der Waals surface area contributed by atoms with Crippen LogP contribution >= 0.6 is 11.3 Å². The van der Waals surface area contributed by atoms with Crippen molar-refractivity contribution in [3.63, 3.8) is 0 Å². The average Bonchev–Trinajstić information content (AvgIpc) is 3.14. The molecule has 128 valence electrons. The second-order valence-corrected chi connectivity index (χ2v) is 5.80. The second kappa shape index (κ2) is 9.08. The monoisotopic (exact) mass is 347 g/mol. The Hall–Kier alpha value is -2.34. The largest absolute Gasteiger partial charge is 0.503 e. The molecule has 24 heavy (non-hydrogen) atoms. The molecular formula is C18H21NO4S. The third-order valence-electron chi connectivity index (χ3n) is 3.62. The maximum Gasteiger partial charge on any atom is 0.341 e. The number of methoxy groups -OCH3 is 2. The van der Waals surface area contributed by atoms with Crippen LogP contribution < -0.4 is 4.74 Å². The van der Waals surface area contributed by atoms with Gasteiger partial charge in [0.15, 0.2) is 0 Å². The van der Waals surface area contributed by atoms with Crippen molar-refractivity contribution in [3.05, 3.63) is 52.7 Å². The number of thiazole rings is 1. The van der Waals surface area contributed by atoms with Crippen molar-refractivity contribution in [2.24, 2.45) is 0 Å². The lowest BCUT2D eigenvalue weighted by Crippen LogP contribution is -2.12. The number of nitrogens with zero attached hydrogens (tertiary/aromatic N) is 1. The molecule has 1 aromatic heterocycles. The fourth-order valence-corrected chi connectivity index (χ4v) is 2.93. The molecule has 0 spiro atoms. The molecule has 1 unspecified atom stereocenters. The molecular weight excluding hydrogens is 326 g/mol. The summed E-state index contributed by atoms with van der Waals surface area (Å²) in [5.41, 5.74) is 3.81. The predicted octanol–water partition coefficient (Wildman–Crippen LogP) is 3.88. The summed E-state index contributed by atoms with van der Waals surface area (Å²) in [5.74, 6) is 0.344. The molecule has 0 amide bonds. The summed E-state index contributed by atoms with van der Waals surface area (Å²) in [6, 6.07) is 7.34. The molecule has 0 saturated carbocycles. The molecule has 0 bridgehead atoms. The Morgan fingerprint density at radius 3 is 2.75 bits per heavy atom. The smallest absolute Gasteiger partial charge is 0.341 e. The van der Waals surface area contributed by atoms with Gasteiger partial charge in [0.1, 0.15) is 11.3 Å². The van der Waals surface area contributed by atoms with Gasteiger partial charge in [0.25, 0.3) is 0 Å². The minimum Gasteiger partial charge on any atom is -0.503 e. The summed E-state index contributed by atoms with van der Waals surface area (Å²) >= 11 is 1.57. The number of benzene rings is 1. The fraction of sp³-hybridized carbons (Fsp3) is 0.333. The SMILES string of the molecule is CCC(COc1ccccc1/C(=C/OC)C(=O)OC)c1cscn1. The zero-order valence-corrected chi connectivity index (χ0v) is 14.8. The van der Waals surface area contributed by atoms with Crippen molar-refractivity contribution < 1.29 is 19.0 Å². The highest BCUT2D eigenvalue weighted by Crippen LogP contribution is 2.29. The summed E-state index contributed by atoms with van der Waals surface area (Å²) in [6.07, 6.45) is 2.29. The summed E-state index contributed by atoms with van der Waals surface area (Å²) in [6.45, 7) is 2.59. The van der Waals surface area contributed by atoms with Gasteiger partial charge in [-0.1, -0.05) is 25.1 Å². The Morgan fingerprint density at radius 1 is 1.33 bits per heavy atom. The van der Waals surface area contributed by atoms with Gasteiger partial charge in [0.05, 0.1) is 38.3 Å². The van der Waals surface area contributed by atoms with E-state index in [4.69, 9.17) is 14.2 Å². The highest BCUT2D eigenvalue weighted by atomic mass is 32.1. The van der Waals surface area contributed by atoms with Crippen LogP contribution in [0.15, 0.2) is 41.4 Å². The average molecular weight is 347 g/mol. The van der Waals surface area contributed by atoms with Gasteiger partial charge in [0.2, 0.25) is 0 Å². The van der Waals surface area contributed by atoms with E-state index in [0.717, 1.165) is 12.1 Å². The van der Waals surface area contributed by atoms with Crippen molar-refractivity contribution in [2.75, 3.05) is 20.8 Å².